The zero-order valence-electron chi connectivity index (χ0n) is 16.1. The first-order chi connectivity index (χ1) is 13.5. The fourth-order valence-corrected chi connectivity index (χ4v) is 4.11. The SMILES string of the molecule is Cc1ccc2c(CSc3nnc(Cc4ccccc4)n3C)cc(=O)oc2c1C. The molecule has 0 bridgehead atoms. The molecule has 0 N–H and O–H groups in total. The van der Waals surface area contributed by atoms with Gasteiger partial charge in [0.2, 0.25) is 0 Å². The molecule has 6 heteroatoms. The van der Waals surface area contributed by atoms with Crippen molar-refractivity contribution in [3.05, 3.63) is 87.0 Å². The van der Waals surface area contributed by atoms with E-state index in [-0.39, 0.29) is 5.63 Å². The largest absolute Gasteiger partial charge is 0.422 e. The van der Waals surface area contributed by atoms with Crippen molar-refractivity contribution in [1.82, 2.24) is 14.8 Å². The van der Waals surface area contributed by atoms with Crippen molar-refractivity contribution in [2.24, 2.45) is 7.05 Å². The van der Waals surface area contributed by atoms with Gasteiger partial charge in [-0.05, 0) is 36.1 Å². The van der Waals surface area contributed by atoms with Crippen molar-refractivity contribution >= 4 is 22.7 Å². The van der Waals surface area contributed by atoms with E-state index >= 15 is 0 Å². The molecule has 2 aromatic carbocycles. The molecule has 28 heavy (non-hydrogen) atoms. The van der Waals surface area contributed by atoms with Crippen LogP contribution in [-0.4, -0.2) is 14.8 Å². The molecular weight excluding hydrogens is 370 g/mol. The number of thioether (sulfide) groups is 1. The van der Waals surface area contributed by atoms with Crippen LogP contribution >= 0.6 is 11.8 Å². The standard InChI is InChI=1S/C22H21N3O2S/c1-14-9-10-18-17(12-20(26)27-21(18)15(14)2)13-28-22-24-23-19(25(22)3)11-16-7-5-4-6-8-16/h4-10,12H,11,13H2,1-3H3. The predicted octanol–water partition coefficient (Wildman–Crippen LogP) is 4.42. The second-order valence-electron chi connectivity index (χ2n) is 6.88. The van der Waals surface area contributed by atoms with Crippen LogP contribution in [0.25, 0.3) is 11.0 Å². The third kappa shape index (κ3) is 3.60. The summed E-state index contributed by atoms with van der Waals surface area (Å²) in [5.41, 5.74) is 4.62. The van der Waals surface area contributed by atoms with E-state index in [1.807, 2.05) is 49.7 Å². The average molecular weight is 391 g/mol. The number of hydrogen-bond donors (Lipinski definition) is 0. The Bertz CT molecular complexity index is 1200. The number of aromatic nitrogens is 3. The van der Waals surface area contributed by atoms with Gasteiger partial charge in [0.15, 0.2) is 5.16 Å². The Labute approximate surface area is 167 Å². The number of benzene rings is 2. The lowest BCUT2D eigenvalue weighted by atomic mass is 10.0. The van der Waals surface area contributed by atoms with Gasteiger partial charge >= 0.3 is 5.63 Å². The summed E-state index contributed by atoms with van der Waals surface area (Å²) in [6, 6.07) is 15.9. The molecular formula is C22H21N3O2S. The third-order valence-corrected chi connectivity index (χ3v) is 6.07. The van der Waals surface area contributed by atoms with Crippen molar-refractivity contribution in [3.8, 4) is 0 Å². The van der Waals surface area contributed by atoms with Crippen LogP contribution in [0.4, 0.5) is 0 Å². The van der Waals surface area contributed by atoms with Gasteiger partial charge in [-0.25, -0.2) is 4.79 Å². The maximum absolute atomic E-state index is 12.0. The Morgan fingerprint density at radius 3 is 2.64 bits per heavy atom. The summed E-state index contributed by atoms with van der Waals surface area (Å²) >= 11 is 1.57. The molecule has 0 unspecified atom stereocenters. The van der Waals surface area contributed by atoms with Crippen LogP contribution in [0, 0.1) is 13.8 Å². The van der Waals surface area contributed by atoms with E-state index < -0.39 is 0 Å². The number of rotatable bonds is 5. The van der Waals surface area contributed by atoms with Crippen LogP contribution in [-0.2, 0) is 19.2 Å². The van der Waals surface area contributed by atoms with Crippen molar-refractivity contribution in [3.63, 3.8) is 0 Å². The first-order valence-corrected chi connectivity index (χ1v) is 10.1. The van der Waals surface area contributed by atoms with E-state index in [1.165, 1.54) is 5.56 Å². The van der Waals surface area contributed by atoms with Gasteiger partial charge in [0.1, 0.15) is 11.4 Å². The first-order valence-electron chi connectivity index (χ1n) is 9.11. The average Bonchev–Trinajstić information content (AvgIpc) is 3.03. The van der Waals surface area contributed by atoms with Crippen LogP contribution in [0.15, 0.2) is 62.9 Å². The van der Waals surface area contributed by atoms with Crippen molar-refractivity contribution in [2.45, 2.75) is 31.2 Å². The number of hydrogen-bond acceptors (Lipinski definition) is 5. The van der Waals surface area contributed by atoms with Crippen molar-refractivity contribution < 1.29 is 4.42 Å². The first kappa shape index (κ1) is 18.5. The Kier molecular flexibility index (Phi) is 5.05. The lowest BCUT2D eigenvalue weighted by molar-refractivity contribution is 0.557. The van der Waals surface area contributed by atoms with Crippen LogP contribution in [0.2, 0.25) is 0 Å². The monoisotopic (exact) mass is 391 g/mol. The van der Waals surface area contributed by atoms with Crippen LogP contribution in [0.5, 0.6) is 0 Å². The predicted molar refractivity (Wildman–Crippen MR) is 112 cm³/mol. The maximum Gasteiger partial charge on any atom is 0.336 e. The Balaban J connectivity index is 1.59. The molecule has 0 saturated carbocycles. The topological polar surface area (TPSA) is 60.9 Å². The van der Waals surface area contributed by atoms with Crippen LogP contribution in [0.1, 0.15) is 28.1 Å². The second kappa shape index (κ2) is 7.64. The van der Waals surface area contributed by atoms with E-state index in [0.717, 1.165) is 39.5 Å². The second-order valence-corrected chi connectivity index (χ2v) is 7.83. The molecule has 4 rings (SSSR count). The Morgan fingerprint density at radius 1 is 1.07 bits per heavy atom. The zero-order chi connectivity index (χ0) is 19.7. The molecule has 4 aromatic rings. The minimum atomic E-state index is -0.320. The molecule has 0 spiro atoms. The van der Waals surface area contributed by atoms with Gasteiger partial charge in [0.05, 0.1) is 0 Å². The van der Waals surface area contributed by atoms with Crippen LogP contribution in [0.3, 0.4) is 0 Å². The van der Waals surface area contributed by atoms with Gasteiger partial charge < -0.3 is 8.98 Å². The fourth-order valence-electron chi connectivity index (χ4n) is 3.19. The number of fused-ring (bicyclic) bond motifs is 1. The molecule has 0 aliphatic rings. The lowest BCUT2D eigenvalue weighted by Gasteiger charge is -2.09. The summed E-state index contributed by atoms with van der Waals surface area (Å²) in [6.07, 6.45) is 0.737. The molecule has 0 radical (unpaired) electrons. The molecule has 2 aromatic heterocycles. The highest BCUT2D eigenvalue weighted by Gasteiger charge is 2.13. The van der Waals surface area contributed by atoms with E-state index in [4.69, 9.17) is 4.42 Å². The third-order valence-electron chi connectivity index (χ3n) is 5.00. The summed E-state index contributed by atoms with van der Waals surface area (Å²) in [4.78, 5) is 12.0. The summed E-state index contributed by atoms with van der Waals surface area (Å²) < 4.78 is 7.48. The van der Waals surface area contributed by atoms with Gasteiger partial charge in [-0.3, -0.25) is 0 Å². The van der Waals surface area contributed by atoms with Gasteiger partial charge in [-0.15, -0.1) is 10.2 Å². The van der Waals surface area contributed by atoms with E-state index in [0.29, 0.717) is 11.3 Å². The molecule has 0 fully saturated rings. The number of nitrogens with zero attached hydrogens (tertiary/aromatic N) is 3. The Hall–Kier alpha value is -2.86. The van der Waals surface area contributed by atoms with Crippen molar-refractivity contribution in [2.75, 3.05) is 0 Å². The zero-order valence-corrected chi connectivity index (χ0v) is 16.9. The molecule has 0 aliphatic heterocycles. The molecule has 0 saturated heterocycles. The molecule has 142 valence electrons. The minimum Gasteiger partial charge on any atom is -0.422 e. The van der Waals surface area contributed by atoms with Crippen molar-refractivity contribution in [1.29, 1.82) is 0 Å². The summed E-state index contributed by atoms with van der Waals surface area (Å²) in [5, 5.41) is 10.5. The maximum atomic E-state index is 12.0. The van der Waals surface area contributed by atoms with Crippen LogP contribution < -0.4 is 5.63 Å². The molecule has 0 amide bonds. The van der Waals surface area contributed by atoms with E-state index in [1.54, 1.807) is 17.8 Å². The molecule has 2 heterocycles. The Morgan fingerprint density at radius 2 is 1.86 bits per heavy atom. The molecule has 0 atom stereocenters. The van der Waals surface area contributed by atoms with E-state index in [9.17, 15) is 4.79 Å². The fraction of sp³-hybridized carbons (Fsp3) is 0.227. The number of aryl methyl sites for hydroxylation is 2. The highest BCUT2D eigenvalue weighted by Crippen LogP contribution is 2.28. The lowest BCUT2D eigenvalue weighted by Crippen LogP contribution is -2.03. The quantitative estimate of drug-likeness (QED) is 0.372. The smallest absolute Gasteiger partial charge is 0.336 e. The van der Waals surface area contributed by atoms with Gasteiger partial charge in [0, 0.05) is 30.7 Å². The highest BCUT2D eigenvalue weighted by molar-refractivity contribution is 7.98. The van der Waals surface area contributed by atoms with Gasteiger partial charge in [0.25, 0.3) is 0 Å². The molecule has 0 aliphatic carbocycles. The summed E-state index contributed by atoms with van der Waals surface area (Å²) in [6.45, 7) is 4.00. The van der Waals surface area contributed by atoms with Gasteiger partial charge in [-0.2, -0.15) is 0 Å². The minimum absolute atomic E-state index is 0.320. The highest BCUT2D eigenvalue weighted by atomic mass is 32.2. The summed E-state index contributed by atoms with van der Waals surface area (Å²) in [7, 11) is 1.98. The normalized spacial score (nSPS) is 11.2. The van der Waals surface area contributed by atoms with E-state index in [2.05, 4.69) is 28.4 Å². The molecule has 5 nitrogen and oxygen atoms in total. The summed E-state index contributed by atoms with van der Waals surface area (Å²) in [5.74, 6) is 1.54. The van der Waals surface area contributed by atoms with Gasteiger partial charge in [-0.1, -0.05) is 54.2 Å².